The molecule has 0 bridgehead atoms. The van der Waals surface area contributed by atoms with E-state index in [-0.39, 0.29) is 5.82 Å². The van der Waals surface area contributed by atoms with Crippen LogP contribution in [0, 0.1) is 5.82 Å². The second-order valence-electron chi connectivity index (χ2n) is 5.31. The highest BCUT2D eigenvalue weighted by atomic mass is 35.5. The highest BCUT2D eigenvalue weighted by Crippen LogP contribution is 2.29. The van der Waals surface area contributed by atoms with E-state index in [1.165, 1.54) is 23.5 Å². The Morgan fingerprint density at radius 2 is 1.96 bits per heavy atom. The Labute approximate surface area is 151 Å². The lowest BCUT2D eigenvalue weighted by molar-refractivity contribution is 0.385. The van der Waals surface area contributed by atoms with Crippen LogP contribution in [0.5, 0.6) is 0 Å². The summed E-state index contributed by atoms with van der Waals surface area (Å²) in [6.07, 6.45) is 0.414. The van der Waals surface area contributed by atoms with E-state index in [4.69, 9.17) is 16.1 Å². The van der Waals surface area contributed by atoms with Gasteiger partial charge in [0.1, 0.15) is 10.8 Å². The van der Waals surface area contributed by atoms with E-state index in [1.54, 1.807) is 12.1 Å². The van der Waals surface area contributed by atoms with E-state index in [0.29, 0.717) is 28.7 Å². The van der Waals surface area contributed by atoms with Gasteiger partial charge in [0.2, 0.25) is 11.7 Å². The molecule has 0 unspecified atom stereocenters. The lowest BCUT2D eigenvalue weighted by Crippen LogP contribution is -1.89. The minimum atomic E-state index is -0.340. The third-order valence-electron chi connectivity index (χ3n) is 3.55. The highest BCUT2D eigenvalue weighted by Gasteiger charge is 2.13. The average Bonchev–Trinajstić information content (AvgIpc) is 3.25. The summed E-state index contributed by atoms with van der Waals surface area (Å²) < 4.78 is 18.6. The first-order chi connectivity index (χ1) is 12.2. The van der Waals surface area contributed by atoms with Crippen molar-refractivity contribution in [3.63, 3.8) is 0 Å². The third kappa shape index (κ3) is 3.45. The van der Waals surface area contributed by atoms with Crippen LogP contribution in [0.1, 0.15) is 10.9 Å². The van der Waals surface area contributed by atoms with Crippen molar-refractivity contribution in [3.05, 3.63) is 75.6 Å². The first-order valence-corrected chi connectivity index (χ1v) is 8.72. The van der Waals surface area contributed by atoms with Gasteiger partial charge in [-0.05, 0) is 18.2 Å². The van der Waals surface area contributed by atoms with Gasteiger partial charge in [0, 0.05) is 21.5 Å². The molecular formula is C18H11ClFN3OS. The molecule has 0 amide bonds. The fourth-order valence-electron chi connectivity index (χ4n) is 2.39. The van der Waals surface area contributed by atoms with Gasteiger partial charge in [-0.1, -0.05) is 47.1 Å². The van der Waals surface area contributed by atoms with Gasteiger partial charge < -0.3 is 4.52 Å². The molecule has 25 heavy (non-hydrogen) atoms. The third-order valence-corrected chi connectivity index (χ3v) is 4.73. The second-order valence-corrected chi connectivity index (χ2v) is 6.66. The summed E-state index contributed by atoms with van der Waals surface area (Å²) in [4.78, 5) is 8.89. The van der Waals surface area contributed by atoms with Gasteiger partial charge in [0.05, 0.1) is 12.1 Å². The monoisotopic (exact) mass is 371 g/mol. The van der Waals surface area contributed by atoms with Crippen molar-refractivity contribution in [2.24, 2.45) is 0 Å². The van der Waals surface area contributed by atoms with Crippen LogP contribution in [0.3, 0.4) is 0 Å². The van der Waals surface area contributed by atoms with Gasteiger partial charge in [0.15, 0.2) is 0 Å². The Balaban J connectivity index is 1.55. The average molecular weight is 372 g/mol. The van der Waals surface area contributed by atoms with Gasteiger partial charge >= 0.3 is 0 Å². The molecule has 0 aliphatic rings. The predicted octanol–water partition coefficient (Wildman–Crippen LogP) is 5.24. The largest absolute Gasteiger partial charge is 0.339 e. The van der Waals surface area contributed by atoms with Crippen LogP contribution in [-0.2, 0) is 6.42 Å². The van der Waals surface area contributed by atoms with Crippen molar-refractivity contribution in [2.45, 2.75) is 6.42 Å². The molecule has 0 aliphatic heterocycles. The summed E-state index contributed by atoms with van der Waals surface area (Å²) in [6.45, 7) is 0. The standard InChI is InChI=1S/C18H11ClFN3OS/c19-14-7-2-1-6-13(14)15-10-25-17(21-15)9-16-22-18(23-24-16)11-4-3-5-12(20)8-11/h1-8,10H,9H2. The van der Waals surface area contributed by atoms with Crippen molar-refractivity contribution in [2.75, 3.05) is 0 Å². The van der Waals surface area contributed by atoms with Crippen LogP contribution in [0.2, 0.25) is 5.02 Å². The first-order valence-electron chi connectivity index (χ1n) is 7.47. The van der Waals surface area contributed by atoms with Gasteiger partial charge in [-0.3, -0.25) is 0 Å². The molecule has 7 heteroatoms. The molecule has 0 fully saturated rings. The van der Waals surface area contributed by atoms with E-state index in [0.717, 1.165) is 16.3 Å². The number of hydrogen-bond donors (Lipinski definition) is 0. The predicted molar refractivity (Wildman–Crippen MR) is 95.1 cm³/mol. The number of rotatable bonds is 4. The number of halogens is 2. The Bertz CT molecular complexity index is 1030. The smallest absolute Gasteiger partial charge is 0.233 e. The minimum Gasteiger partial charge on any atom is -0.339 e. The van der Waals surface area contributed by atoms with Crippen LogP contribution >= 0.6 is 22.9 Å². The van der Waals surface area contributed by atoms with Gasteiger partial charge in [-0.25, -0.2) is 9.37 Å². The van der Waals surface area contributed by atoms with Gasteiger partial charge in [-0.15, -0.1) is 11.3 Å². The molecule has 2 heterocycles. The number of benzene rings is 2. The van der Waals surface area contributed by atoms with Crippen molar-refractivity contribution < 1.29 is 8.91 Å². The number of aromatic nitrogens is 3. The summed E-state index contributed by atoms with van der Waals surface area (Å²) in [5.74, 6) is 0.449. The lowest BCUT2D eigenvalue weighted by atomic mass is 10.2. The molecule has 0 N–H and O–H groups in total. The Morgan fingerprint density at radius 3 is 2.80 bits per heavy atom. The molecule has 2 aromatic heterocycles. The van der Waals surface area contributed by atoms with E-state index < -0.39 is 0 Å². The van der Waals surface area contributed by atoms with Crippen molar-refractivity contribution in [1.29, 1.82) is 0 Å². The summed E-state index contributed by atoms with van der Waals surface area (Å²) in [5, 5.41) is 7.35. The van der Waals surface area contributed by atoms with Crippen molar-refractivity contribution in [1.82, 2.24) is 15.1 Å². The molecule has 124 valence electrons. The molecule has 4 aromatic rings. The highest BCUT2D eigenvalue weighted by molar-refractivity contribution is 7.10. The van der Waals surface area contributed by atoms with Crippen LogP contribution in [-0.4, -0.2) is 15.1 Å². The Morgan fingerprint density at radius 1 is 1.08 bits per heavy atom. The number of nitrogens with zero attached hydrogens (tertiary/aromatic N) is 3. The summed E-state index contributed by atoms with van der Waals surface area (Å²) >= 11 is 7.70. The maximum Gasteiger partial charge on any atom is 0.233 e. The molecule has 0 aliphatic carbocycles. The van der Waals surface area contributed by atoms with Crippen LogP contribution < -0.4 is 0 Å². The number of hydrogen-bond acceptors (Lipinski definition) is 5. The van der Waals surface area contributed by atoms with E-state index in [2.05, 4.69) is 15.1 Å². The quantitative estimate of drug-likeness (QED) is 0.492. The molecule has 4 rings (SSSR count). The van der Waals surface area contributed by atoms with Crippen LogP contribution in [0.4, 0.5) is 4.39 Å². The topological polar surface area (TPSA) is 51.8 Å². The Kier molecular flexibility index (Phi) is 4.29. The fourth-order valence-corrected chi connectivity index (χ4v) is 3.40. The second kappa shape index (κ2) is 6.74. The van der Waals surface area contributed by atoms with Gasteiger partial charge in [0.25, 0.3) is 0 Å². The maximum absolute atomic E-state index is 13.3. The molecule has 0 radical (unpaired) electrons. The molecule has 4 nitrogen and oxygen atoms in total. The SMILES string of the molecule is Fc1cccc(-c2noc(Cc3nc(-c4ccccc4Cl)cs3)n2)c1. The maximum atomic E-state index is 13.3. The lowest BCUT2D eigenvalue weighted by Gasteiger charge is -1.98. The van der Waals surface area contributed by atoms with Gasteiger partial charge in [-0.2, -0.15) is 4.98 Å². The van der Waals surface area contributed by atoms with Crippen molar-refractivity contribution >= 4 is 22.9 Å². The van der Waals surface area contributed by atoms with Crippen LogP contribution in [0.15, 0.2) is 58.4 Å². The summed E-state index contributed by atoms with van der Waals surface area (Å²) in [6, 6.07) is 13.6. The number of thiazole rings is 1. The van der Waals surface area contributed by atoms with E-state index in [9.17, 15) is 4.39 Å². The molecule has 0 spiro atoms. The normalized spacial score (nSPS) is 11.0. The Hall–Kier alpha value is -2.57. The zero-order valence-electron chi connectivity index (χ0n) is 12.8. The first kappa shape index (κ1) is 15.9. The summed E-state index contributed by atoms with van der Waals surface area (Å²) in [5.41, 5.74) is 2.28. The molecule has 0 atom stereocenters. The molecule has 0 saturated heterocycles. The zero-order valence-corrected chi connectivity index (χ0v) is 14.4. The molecule has 2 aromatic carbocycles. The zero-order chi connectivity index (χ0) is 17.2. The van der Waals surface area contributed by atoms with E-state index in [1.807, 2.05) is 29.6 Å². The fraction of sp³-hybridized carbons (Fsp3) is 0.0556. The summed E-state index contributed by atoms with van der Waals surface area (Å²) in [7, 11) is 0. The minimum absolute atomic E-state index is 0.340. The van der Waals surface area contributed by atoms with E-state index >= 15 is 0 Å². The molecule has 0 saturated carbocycles. The molecular weight excluding hydrogens is 361 g/mol. The van der Waals surface area contributed by atoms with Crippen LogP contribution in [0.25, 0.3) is 22.6 Å². The van der Waals surface area contributed by atoms with Crippen molar-refractivity contribution in [3.8, 4) is 22.6 Å².